The van der Waals surface area contributed by atoms with E-state index >= 15 is 0 Å². The van der Waals surface area contributed by atoms with Crippen LogP contribution in [-0.4, -0.2) is 29.1 Å². The summed E-state index contributed by atoms with van der Waals surface area (Å²) in [4.78, 5) is 7.49. The Morgan fingerprint density at radius 2 is 2.26 bits per heavy atom. The van der Waals surface area contributed by atoms with Crippen molar-refractivity contribution in [1.29, 1.82) is 0 Å². The van der Waals surface area contributed by atoms with Crippen LogP contribution in [0.5, 0.6) is 0 Å². The Morgan fingerprint density at radius 1 is 1.39 bits per heavy atom. The highest BCUT2D eigenvalue weighted by molar-refractivity contribution is 7.15. The zero-order valence-corrected chi connectivity index (χ0v) is 14.4. The maximum absolute atomic E-state index is 13.4. The molecule has 1 atom stereocenters. The summed E-state index contributed by atoms with van der Waals surface area (Å²) in [6, 6.07) is 6.76. The highest BCUT2D eigenvalue weighted by Crippen LogP contribution is 2.21. The summed E-state index contributed by atoms with van der Waals surface area (Å²) in [6.45, 7) is 3.13. The van der Waals surface area contributed by atoms with E-state index in [9.17, 15) is 4.39 Å². The highest BCUT2D eigenvalue weighted by atomic mass is 35.5. The number of nitrogens with zero attached hydrogens (tertiary/aromatic N) is 2. The molecule has 0 saturated carbocycles. The van der Waals surface area contributed by atoms with Crippen molar-refractivity contribution in [3.05, 3.63) is 46.7 Å². The van der Waals surface area contributed by atoms with Crippen LogP contribution in [-0.2, 0) is 17.8 Å². The molecule has 4 nitrogen and oxygen atoms in total. The largest absolute Gasteiger partial charge is 0.377 e. The molecular weight excluding hydrogens is 337 g/mol. The molecule has 2 aromatic rings. The standard InChI is InChI=1S/C16H20FN3OS.ClH/c17-13-4-1-3-12(7-13)9-20(10-14-5-2-6-21-14)11-15-8-19-16(18)22-15;/h1,3-4,7-8,14H,2,5-6,9-11H2,(H2,18,19);1H. The van der Waals surface area contributed by atoms with E-state index in [0.29, 0.717) is 11.7 Å². The molecule has 2 heterocycles. The average molecular weight is 358 g/mol. The Labute approximate surface area is 145 Å². The van der Waals surface area contributed by atoms with Crippen LogP contribution in [0, 0.1) is 5.82 Å². The van der Waals surface area contributed by atoms with Crippen LogP contribution >= 0.6 is 23.7 Å². The molecule has 23 heavy (non-hydrogen) atoms. The third-order valence-electron chi connectivity index (χ3n) is 3.73. The molecule has 0 radical (unpaired) electrons. The summed E-state index contributed by atoms with van der Waals surface area (Å²) in [7, 11) is 0. The molecule has 1 saturated heterocycles. The van der Waals surface area contributed by atoms with E-state index in [-0.39, 0.29) is 24.3 Å². The molecule has 0 bridgehead atoms. The second kappa shape index (κ2) is 8.59. The van der Waals surface area contributed by atoms with Gasteiger partial charge < -0.3 is 10.5 Å². The van der Waals surface area contributed by atoms with E-state index in [1.165, 1.54) is 17.4 Å². The summed E-state index contributed by atoms with van der Waals surface area (Å²) in [5.74, 6) is -0.198. The third kappa shape index (κ3) is 5.42. The normalized spacial score (nSPS) is 17.4. The number of hydrogen-bond donors (Lipinski definition) is 1. The van der Waals surface area contributed by atoms with E-state index < -0.39 is 0 Å². The van der Waals surface area contributed by atoms with Gasteiger partial charge in [0.25, 0.3) is 0 Å². The van der Waals surface area contributed by atoms with E-state index in [0.717, 1.165) is 43.0 Å². The molecule has 126 valence electrons. The molecular formula is C16H21ClFN3OS. The van der Waals surface area contributed by atoms with Crippen LogP contribution in [0.1, 0.15) is 23.3 Å². The topological polar surface area (TPSA) is 51.4 Å². The third-order valence-corrected chi connectivity index (χ3v) is 4.54. The van der Waals surface area contributed by atoms with E-state index in [2.05, 4.69) is 9.88 Å². The number of ether oxygens (including phenoxy) is 1. The first-order chi connectivity index (χ1) is 10.7. The average Bonchev–Trinajstić information content (AvgIpc) is 3.11. The number of nitrogen functional groups attached to an aromatic ring is 1. The monoisotopic (exact) mass is 357 g/mol. The predicted octanol–water partition coefficient (Wildman–Crippen LogP) is 3.47. The van der Waals surface area contributed by atoms with Crippen LogP contribution < -0.4 is 5.73 Å². The van der Waals surface area contributed by atoms with Crippen LogP contribution in [0.2, 0.25) is 0 Å². The zero-order chi connectivity index (χ0) is 15.4. The van der Waals surface area contributed by atoms with Crippen LogP contribution in [0.15, 0.2) is 30.5 Å². The van der Waals surface area contributed by atoms with Gasteiger partial charge in [-0.15, -0.1) is 23.7 Å². The summed E-state index contributed by atoms with van der Waals surface area (Å²) in [5.41, 5.74) is 6.67. The molecule has 1 aromatic carbocycles. The van der Waals surface area contributed by atoms with Gasteiger partial charge in [-0.2, -0.15) is 0 Å². The number of rotatable bonds is 6. The van der Waals surface area contributed by atoms with Crippen molar-refractivity contribution in [3.8, 4) is 0 Å². The Hall–Kier alpha value is -1.21. The lowest BCUT2D eigenvalue weighted by Crippen LogP contribution is -2.31. The highest BCUT2D eigenvalue weighted by Gasteiger charge is 2.20. The van der Waals surface area contributed by atoms with E-state index in [1.54, 1.807) is 12.1 Å². The maximum atomic E-state index is 13.4. The minimum absolute atomic E-state index is 0. The molecule has 7 heteroatoms. The van der Waals surface area contributed by atoms with Crippen molar-refractivity contribution in [1.82, 2.24) is 9.88 Å². The quantitative estimate of drug-likeness (QED) is 0.860. The molecule has 0 spiro atoms. The Balaban J connectivity index is 0.00000192. The second-order valence-electron chi connectivity index (χ2n) is 5.60. The maximum Gasteiger partial charge on any atom is 0.180 e. The van der Waals surface area contributed by atoms with E-state index in [1.807, 2.05) is 12.3 Å². The van der Waals surface area contributed by atoms with Crippen LogP contribution in [0.4, 0.5) is 9.52 Å². The van der Waals surface area contributed by atoms with Gasteiger partial charge in [-0.05, 0) is 30.5 Å². The zero-order valence-electron chi connectivity index (χ0n) is 12.8. The van der Waals surface area contributed by atoms with Crippen molar-refractivity contribution < 1.29 is 9.13 Å². The molecule has 3 rings (SSSR count). The van der Waals surface area contributed by atoms with Gasteiger partial charge in [-0.1, -0.05) is 12.1 Å². The number of hydrogen-bond acceptors (Lipinski definition) is 5. The lowest BCUT2D eigenvalue weighted by atomic mass is 10.1. The molecule has 1 unspecified atom stereocenters. The van der Waals surface area contributed by atoms with Gasteiger partial charge >= 0.3 is 0 Å². The van der Waals surface area contributed by atoms with Crippen molar-refractivity contribution in [2.45, 2.75) is 32.0 Å². The number of halogens is 2. The van der Waals surface area contributed by atoms with Crippen molar-refractivity contribution in [3.63, 3.8) is 0 Å². The molecule has 1 aliphatic rings. The first kappa shape index (κ1) is 18.1. The fraction of sp³-hybridized carbons (Fsp3) is 0.438. The summed E-state index contributed by atoms with van der Waals surface area (Å²) in [5, 5.41) is 0.581. The fourth-order valence-corrected chi connectivity index (χ4v) is 3.50. The van der Waals surface area contributed by atoms with Gasteiger partial charge in [0.15, 0.2) is 5.13 Å². The lowest BCUT2D eigenvalue weighted by molar-refractivity contribution is 0.0682. The number of nitrogens with two attached hydrogens (primary N) is 1. The van der Waals surface area contributed by atoms with Gasteiger partial charge in [-0.25, -0.2) is 9.37 Å². The first-order valence-electron chi connectivity index (χ1n) is 7.47. The van der Waals surface area contributed by atoms with Crippen molar-refractivity contribution in [2.24, 2.45) is 0 Å². The Morgan fingerprint density at radius 3 is 2.91 bits per heavy atom. The minimum atomic E-state index is -0.198. The number of benzene rings is 1. The van der Waals surface area contributed by atoms with E-state index in [4.69, 9.17) is 10.5 Å². The number of aromatic nitrogens is 1. The number of anilines is 1. The molecule has 0 amide bonds. The predicted molar refractivity (Wildman–Crippen MR) is 93.3 cm³/mol. The second-order valence-corrected chi connectivity index (χ2v) is 6.75. The van der Waals surface area contributed by atoms with Crippen LogP contribution in [0.3, 0.4) is 0 Å². The smallest absolute Gasteiger partial charge is 0.180 e. The van der Waals surface area contributed by atoms with Gasteiger partial charge in [0, 0.05) is 37.3 Å². The van der Waals surface area contributed by atoms with Gasteiger partial charge in [-0.3, -0.25) is 4.90 Å². The molecule has 1 aliphatic heterocycles. The summed E-state index contributed by atoms with van der Waals surface area (Å²) in [6.07, 6.45) is 4.28. The molecule has 1 fully saturated rings. The van der Waals surface area contributed by atoms with Gasteiger partial charge in [0.05, 0.1) is 6.10 Å². The van der Waals surface area contributed by atoms with Gasteiger partial charge in [0.1, 0.15) is 5.82 Å². The fourth-order valence-electron chi connectivity index (χ4n) is 2.77. The van der Waals surface area contributed by atoms with Crippen LogP contribution in [0.25, 0.3) is 0 Å². The number of thiazole rings is 1. The lowest BCUT2D eigenvalue weighted by Gasteiger charge is -2.24. The SMILES string of the molecule is Cl.Nc1ncc(CN(Cc2cccc(F)c2)CC2CCCO2)s1. The molecule has 0 aliphatic carbocycles. The molecule has 1 aromatic heterocycles. The van der Waals surface area contributed by atoms with Crippen molar-refractivity contribution >= 4 is 28.9 Å². The summed E-state index contributed by atoms with van der Waals surface area (Å²) >= 11 is 1.50. The molecule has 2 N–H and O–H groups in total. The summed E-state index contributed by atoms with van der Waals surface area (Å²) < 4.78 is 19.1. The first-order valence-corrected chi connectivity index (χ1v) is 8.29. The van der Waals surface area contributed by atoms with Crippen molar-refractivity contribution in [2.75, 3.05) is 18.9 Å². The van der Waals surface area contributed by atoms with Gasteiger partial charge in [0.2, 0.25) is 0 Å². The minimum Gasteiger partial charge on any atom is -0.377 e. The Kier molecular flexibility index (Phi) is 6.77. The Bertz CT molecular complexity index is 619.